The van der Waals surface area contributed by atoms with E-state index in [-0.39, 0.29) is 22.1 Å². The van der Waals surface area contributed by atoms with Crippen molar-refractivity contribution < 1.29 is 35.1 Å². The first kappa shape index (κ1) is 27.4. The van der Waals surface area contributed by atoms with E-state index in [2.05, 4.69) is 4.98 Å². The van der Waals surface area contributed by atoms with Gasteiger partial charge in [-0.3, -0.25) is 0 Å². The zero-order chi connectivity index (χ0) is 27.2. The Balaban J connectivity index is 1.51. The second-order valence-electron chi connectivity index (χ2n) is 9.74. The Morgan fingerprint density at radius 1 is 1.03 bits per heavy atom. The Bertz CT molecular complexity index is 1450. The quantitative estimate of drug-likeness (QED) is 0.158. The summed E-state index contributed by atoms with van der Waals surface area (Å²) in [5, 5.41) is 0.251. The first-order chi connectivity index (χ1) is 18.1. The molecular weight excluding hydrogens is 549 g/mol. The summed E-state index contributed by atoms with van der Waals surface area (Å²) < 4.78 is 105. The topological polar surface area (TPSA) is 64.4 Å². The van der Waals surface area contributed by atoms with Gasteiger partial charge < -0.3 is 9.30 Å². The number of halogens is 5. The second kappa shape index (κ2) is 10.7. The fourth-order valence-corrected chi connectivity index (χ4v) is 7.59. The maximum Gasteiger partial charge on any atom is 0.243 e. The monoisotopic (exact) mass is 575 g/mol. The second-order valence-corrected chi connectivity index (χ2v) is 12.6. The number of hydrogen-bond donors (Lipinski definition) is 0. The van der Waals surface area contributed by atoms with Crippen molar-refractivity contribution in [3.8, 4) is 0 Å². The van der Waals surface area contributed by atoms with Gasteiger partial charge in [0.2, 0.25) is 15.8 Å². The van der Waals surface area contributed by atoms with Crippen LogP contribution in [0, 0.1) is 35.0 Å². The van der Waals surface area contributed by atoms with Crippen LogP contribution < -0.4 is 0 Å². The predicted molar refractivity (Wildman–Crippen MR) is 132 cm³/mol. The summed E-state index contributed by atoms with van der Waals surface area (Å²) >= 11 is 0.803. The minimum Gasteiger partial charge on any atom is -0.376 e. The molecule has 38 heavy (non-hydrogen) atoms. The standard InChI is InChI=1S/C25H26F5N3O3S2/c1-14-4-2-8-32(11-14)38(34,35)16-6-7-19-18(10-16)31-25(33(19)12-15-5-3-9-36-15)37-13-17-20(26)22(28)24(30)23(29)21(17)27/h6-7,10,14-15H,2-5,8-9,11-13H2,1H3/t14-,15+/m0/s1. The normalized spacial score (nSPS) is 21.0. The lowest BCUT2D eigenvalue weighted by Gasteiger charge is -2.30. The summed E-state index contributed by atoms with van der Waals surface area (Å²) in [6.07, 6.45) is 3.22. The summed E-state index contributed by atoms with van der Waals surface area (Å²) in [7, 11) is -3.76. The number of imidazole rings is 1. The molecule has 0 amide bonds. The fraction of sp³-hybridized carbons (Fsp3) is 0.480. The maximum absolute atomic E-state index is 14.3. The summed E-state index contributed by atoms with van der Waals surface area (Å²) in [6.45, 7) is 3.79. The average Bonchev–Trinajstić information content (AvgIpc) is 3.54. The lowest BCUT2D eigenvalue weighted by atomic mass is 10.0. The molecular formula is C25H26F5N3O3S2. The van der Waals surface area contributed by atoms with Crippen molar-refractivity contribution in [1.29, 1.82) is 0 Å². The number of hydrogen-bond acceptors (Lipinski definition) is 5. The Morgan fingerprint density at radius 3 is 2.39 bits per heavy atom. The van der Waals surface area contributed by atoms with Gasteiger partial charge in [-0.15, -0.1) is 0 Å². The molecule has 0 unspecified atom stereocenters. The number of rotatable bonds is 7. The minimum atomic E-state index is -3.76. The predicted octanol–water partition coefficient (Wildman–Crippen LogP) is 5.62. The Kier molecular flexibility index (Phi) is 7.73. The van der Waals surface area contributed by atoms with Crippen LogP contribution >= 0.6 is 11.8 Å². The smallest absolute Gasteiger partial charge is 0.243 e. The highest BCUT2D eigenvalue weighted by atomic mass is 32.2. The molecule has 13 heteroatoms. The van der Waals surface area contributed by atoms with Crippen LogP contribution in [0.25, 0.3) is 11.0 Å². The van der Waals surface area contributed by atoms with Crippen LogP contribution in [0.15, 0.2) is 28.3 Å². The van der Waals surface area contributed by atoms with Gasteiger partial charge in [0.1, 0.15) is 0 Å². The number of fused-ring (bicyclic) bond motifs is 1. The van der Waals surface area contributed by atoms with Gasteiger partial charge in [0.25, 0.3) is 0 Å². The average molecular weight is 576 g/mol. The molecule has 206 valence electrons. The van der Waals surface area contributed by atoms with Crippen molar-refractivity contribution in [2.45, 2.75) is 61.1 Å². The number of aromatic nitrogens is 2. The van der Waals surface area contributed by atoms with E-state index in [0.717, 1.165) is 37.4 Å². The van der Waals surface area contributed by atoms with Gasteiger partial charge >= 0.3 is 0 Å². The molecule has 0 bridgehead atoms. The molecule has 2 atom stereocenters. The molecule has 2 aliphatic heterocycles. The fourth-order valence-electron chi connectivity index (χ4n) is 4.95. The molecule has 2 fully saturated rings. The zero-order valence-corrected chi connectivity index (χ0v) is 22.2. The molecule has 0 aliphatic carbocycles. The van der Waals surface area contributed by atoms with E-state index in [1.54, 1.807) is 10.6 Å². The van der Waals surface area contributed by atoms with Crippen LogP contribution in [0.4, 0.5) is 22.0 Å². The lowest BCUT2D eigenvalue weighted by molar-refractivity contribution is 0.0960. The van der Waals surface area contributed by atoms with E-state index >= 15 is 0 Å². The van der Waals surface area contributed by atoms with Gasteiger partial charge in [0, 0.05) is 31.0 Å². The number of thioether (sulfide) groups is 1. The maximum atomic E-state index is 14.3. The van der Waals surface area contributed by atoms with Crippen molar-refractivity contribution >= 4 is 32.8 Å². The van der Waals surface area contributed by atoms with Crippen molar-refractivity contribution in [3.63, 3.8) is 0 Å². The highest BCUT2D eigenvalue weighted by Gasteiger charge is 2.30. The summed E-state index contributed by atoms with van der Waals surface area (Å²) in [4.78, 5) is 4.59. The number of benzene rings is 2. The van der Waals surface area contributed by atoms with Crippen molar-refractivity contribution in [3.05, 3.63) is 52.8 Å². The van der Waals surface area contributed by atoms with Gasteiger partial charge in [-0.25, -0.2) is 35.4 Å². The van der Waals surface area contributed by atoms with Gasteiger partial charge in [0.05, 0.1) is 28.6 Å². The van der Waals surface area contributed by atoms with E-state index in [1.807, 2.05) is 6.92 Å². The van der Waals surface area contributed by atoms with Crippen molar-refractivity contribution in [1.82, 2.24) is 13.9 Å². The number of sulfonamides is 1. The third-order valence-corrected chi connectivity index (χ3v) is 9.86. The number of ether oxygens (including phenoxy) is 1. The Hall–Kier alpha value is -2.22. The molecule has 0 spiro atoms. The zero-order valence-electron chi connectivity index (χ0n) is 20.5. The molecule has 1 aromatic heterocycles. The lowest BCUT2D eigenvalue weighted by Crippen LogP contribution is -2.39. The largest absolute Gasteiger partial charge is 0.376 e. The van der Waals surface area contributed by atoms with E-state index in [9.17, 15) is 30.4 Å². The minimum absolute atomic E-state index is 0.0807. The van der Waals surface area contributed by atoms with E-state index < -0.39 is 50.4 Å². The third kappa shape index (κ3) is 5.05. The molecule has 2 saturated heterocycles. The molecule has 0 saturated carbocycles. The van der Waals surface area contributed by atoms with Crippen LogP contribution in [0.5, 0.6) is 0 Å². The van der Waals surface area contributed by atoms with Gasteiger partial charge in [-0.05, 0) is 49.8 Å². The van der Waals surface area contributed by atoms with Crippen LogP contribution in [-0.4, -0.2) is 48.1 Å². The van der Waals surface area contributed by atoms with Crippen molar-refractivity contribution in [2.24, 2.45) is 5.92 Å². The van der Waals surface area contributed by atoms with Crippen LogP contribution in [0.3, 0.4) is 0 Å². The molecule has 2 aliphatic rings. The summed E-state index contributed by atoms with van der Waals surface area (Å²) in [5.41, 5.74) is -0.0370. The first-order valence-electron chi connectivity index (χ1n) is 12.3. The van der Waals surface area contributed by atoms with E-state index in [4.69, 9.17) is 4.74 Å². The van der Waals surface area contributed by atoms with Crippen molar-refractivity contribution in [2.75, 3.05) is 19.7 Å². The van der Waals surface area contributed by atoms with Crippen LogP contribution in [0.1, 0.15) is 38.2 Å². The first-order valence-corrected chi connectivity index (χ1v) is 14.8. The molecule has 3 heterocycles. The Labute approximate surface area is 221 Å². The summed E-state index contributed by atoms with van der Waals surface area (Å²) in [6, 6.07) is 4.58. The van der Waals surface area contributed by atoms with Gasteiger partial charge in [-0.1, -0.05) is 18.7 Å². The molecule has 0 N–H and O–H groups in total. The molecule has 5 rings (SSSR count). The van der Waals surface area contributed by atoms with Gasteiger partial charge in [-0.2, -0.15) is 4.31 Å². The van der Waals surface area contributed by atoms with Gasteiger partial charge in [0.15, 0.2) is 28.4 Å². The number of nitrogens with zero attached hydrogens (tertiary/aromatic N) is 3. The van der Waals surface area contributed by atoms with E-state index in [0.29, 0.717) is 37.3 Å². The highest BCUT2D eigenvalue weighted by Crippen LogP contribution is 2.33. The number of piperidine rings is 1. The van der Waals surface area contributed by atoms with E-state index in [1.165, 1.54) is 16.4 Å². The molecule has 0 radical (unpaired) electrons. The third-order valence-electron chi connectivity index (χ3n) is 7.00. The van der Waals surface area contributed by atoms with Crippen LogP contribution in [-0.2, 0) is 27.1 Å². The molecule has 2 aromatic carbocycles. The summed E-state index contributed by atoms with van der Waals surface area (Å²) in [5.74, 6) is -10.3. The van der Waals surface area contributed by atoms with Crippen LogP contribution in [0.2, 0.25) is 0 Å². The SMILES string of the molecule is C[C@H]1CCCN(S(=O)(=O)c2ccc3c(c2)nc(SCc2c(F)c(F)c(F)c(F)c2F)n3C[C@H]2CCCO2)C1. The Morgan fingerprint density at radius 2 is 1.74 bits per heavy atom. The molecule has 6 nitrogen and oxygen atoms in total. The molecule has 3 aromatic rings. The highest BCUT2D eigenvalue weighted by molar-refractivity contribution is 7.98.